The number of hydrogen-bond donors (Lipinski definition) is 2. The first-order valence-corrected chi connectivity index (χ1v) is 18.7. The number of para-hydroxylation sites is 1. The number of nitrogens with one attached hydrogen (secondary N) is 2. The van der Waals surface area contributed by atoms with Crippen LogP contribution in [0.15, 0.2) is 83.4 Å². The summed E-state index contributed by atoms with van der Waals surface area (Å²) >= 11 is 0. The Morgan fingerprint density at radius 2 is 1.68 bits per heavy atom. The van der Waals surface area contributed by atoms with Gasteiger partial charge in [0.25, 0.3) is 17.7 Å². The summed E-state index contributed by atoms with van der Waals surface area (Å²) in [6, 6.07) is 15.2. The van der Waals surface area contributed by atoms with Crippen molar-refractivity contribution in [1.29, 1.82) is 0 Å². The van der Waals surface area contributed by atoms with Gasteiger partial charge in [-0.05, 0) is 87.0 Å². The van der Waals surface area contributed by atoms with Crippen molar-refractivity contribution in [3.8, 4) is 5.75 Å². The van der Waals surface area contributed by atoms with Gasteiger partial charge in [0.15, 0.2) is 0 Å². The van der Waals surface area contributed by atoms with Gasteiger partial charge in [-0.1, -0.05) is 24.3 Å². The van der Waals surface area contributed by atoms with Crippen LogP contribution in [-0.4, -0.2) is 101 Å². The predicted octanol–water partition coefficient (Wildman–Crippen LogP) is 6.67. The van der Waals surface area contributed by atoms with Crippen molar-refractivity contribution in [2.45, 2.75) is 38.9 Å². The molecule has 11 nitrogen and oxygen atoms in total. The fourth-order valence-electron chi connectivity index (χ4n) is 6.70. The molecular weight excluding hydrogens is 725 g/mol. The van der Waals surface area contributed by atoms with E-state index in [9.17, 15) is 27.6 Å². The van der Waals surface area contributed by atoms with Gasteiger partial charge in [0.05, 0.1) is 48.4 Å². The molecule has 3 aromatic rings. The molecule has 0 bridgehead atoms. The first-order valence-electron chi connectivity index (χ1n) is 18.7. The van der Waals surface area contributed by atoms with Crippen LogP contribution in [0.1, 0.15) is 63.6 Å². The number of piperidine rings is 1. The van der Waals surface area contributed by atoms with Gasteiger partial charge in [0.2, 0.25) is 0 Å². The van der Waals surface area contributed by atoms with Crippen molar-refractivity contribution >= 4 is 41.5 Å². The highest BCUT2D eigenvalue weighted by Gasteiger charge is 2.30. The minimum atomic E-state index is -4.51. The molecule has 2 fully saturated rings. The minimum absolute atomic E-state index is 0.131. The van der Waals surface area contributed by atoms with Gasteiger partial charge in [0, 0.05) is 69.7 Å². The maximum atomic E-state index is 14.1. The lowest BCUT2D eigenvalue weighted by Crippen LogP contribution is -2.42. The molecule has 2 aliphatic heterocycles. The molecule has 2 N–H and O–H groups in total. The maximum Gasteiger partial charge on any atom is 0.416 e. The highest BCUT2D eigenvalue weighted by molar-refractivity contribution is 6.10. The molecule has 298 valence electrons. The summed E-state index contributed by atoms with van der Waals surface area (Å²) in [5, 5.41) is 5.66. The second-order valence-corrected chi connectivity index (χ2v) is 13.6. The molecule has 3 amide bonds. The zero-order valence-electron chi connectivity index (χ0n) is 32.1. The average Bonchev–Trinajstić information content (AvgIpc) is 3.22. The molecule has 0 saturated carbocycles. The first-order chi connectivity index (χ1) is 26.9. The monoisotopic (exact) mass is 774 g/mol. The standard InChI is InChI=1S/C42H49F3N6O5/c1-5-30(39(52)47-28-29-11-9-12-31(25-29)42(43,44)45)26-37(46-2)35-27-32(51-17-7-6-8-18-51)15-16-36(35)48-40(53)33-13-10-14-34(38(33)55-4)41(54)49(3)19-20-50-21-23-56-24-22-50/h5,9-16,25-27H,2,6-8,17-24,28H2,1,3-4H3,(H,47,52)(H,48,53)/b30-5+,37-26-. The quantitative estimate of drug-likeness (QED) is 0.107. The number of carbonyl (C=O) groups excluding carboxylic acids is 3. The summed E-state index contributed by atoms with van der Waals surface area (Å²) in [7, 11) is 3.13. The Balaban J connectivity index is 1.41. The molecular formula is C42H49F3N6O5. The van der Waals surface area contributed by atoms with Crippen LogP contribution >= 0.6 is 0 Å². The van der Waals surface area contributed by atoms with Crippen molar-refractivity contribution in [1.82, 2.24) is 15.1 Å². The summed E-state index contributed by atoms with van der Waals surface area (Å²) in [5.41, 5.74) is 2.08. The molecule has 2 saturated heterocycles. The number of aliphatic imine (C=N–C) groups is 1. The third-order valence-corrected chi connectivity index (χ3v) is 9.89. The number of likely N-dealkylation sites (N-methyl/N-ethyl adjacent to an activating group) is 1. The minimum Gasteiger partial charge on any atom is -0.495 e. The Labute approximate surface area is 325 Å². The molecule has 56 heavy (non-hydrogen) atoms. The Bertz CT molecular complexity index is 1950. The predicted molar refractivity (Wildman–Crippen MR) is 212 cm³/mol. The number of alkyl halides is 3. The van der Waals surface area contributed by atoms with Gasteiger partial charge in [-0.15, -0.1) is 0 Å². The van der Waals surface area contributed by atoms with Crippen LogP contribution in [0.4, 0.5) is 24.5 Å². The van der Waals surface area contributed by atoms with Crippen molar-refractivity contribution in [3.63, 3.8) is 0 Å². The Morgan fingerprint density at radius 3 is 2.36 bits per heavy atom. The number of nitrogens with zero attached hydrogens (tertiary/aromatic N) is 4. The summed E-state index contributed by atoms with van der Waals surface area (Å²) in [4.78, 5) is 51.4. The molecule has 2 aliphatic rings. The molecule has 0 spiro atoms. The number of ether oxygens (including phenoxy) is 2. The van der Waals surface area contributed by atoms with Crippen LogP contribution in [0, 0.1) is 0 Å². The van der Waals surface area contributed by atoms with Gasteiger partial charge < -0.3 is 29.9 Å². The number of hydrogen-bond acceptors (Lipinski definition) is 8. The van der Waals surface area contributed by atoms with Gasteiger partial charge in [0.1, 0.15) is 5.75 Å². The second-order valence-electron chi connectivity index (χ2n) is 13.6. The summed E-state index contributed by atoms with van der Waals surface area (Å²) in [6.45, 7) is 11.1. The molecule has 5 rings (SSSR count). The summed E-state index contributed by atoms with van der Waals surface area (Å²) < 4.78 is 50.9. The number of amides is 3. The van der Waals surface area contributed by atoms with E-state index in [1.54, 1.807) is 49.2 Å². The molecule has 0 aromatic heterocycles. The first kappa shape index (κ1) is 41.7. The highest BCUT2D eigenvalue weighted by atomic mass is 19.4. The number of benzene rings is 3. The number of methoxy groups -OCH3 is 1. The number of morpholine rings is 1. The maximum absolute atomic E-state index is 14.1. The van der Waals surface area contributed by atoms with Gasteiger partial charge >= 0.3 is 6.18 Å². The van der Waals surface area contributed by atoms with Crippen LogP contribution in [-0.2, 0) is 22.3 Å². The van der Waals surface area contributed by atoms with Crippen molar-refractivity contribution in [2.75, 3.05) is 76.9 Å². The highest BCUT2D eigenvalue weighted by Crippen LogP contribution is 2.34. The number of carbonyl (C=O) groups is 3. The Hall–Kier alpha value is -5.47. The van der Waals surface area contributed by atoms with E-state index < -0.39 is 23.6 Å². The van der Waals surface area contributed by atoms with Crippen molar-refractivity contribution in [2.24, 2.45) is 4.99 Å². The van der Waals surface area contributed by atoms with E-state index in [0.29, 0.717) is 37.6 Å². The third-order valence-electron chi connectivity index (χ3n) is 9.89. The number of halogens is 3. The molecule has 0 unspecified atom stereocenters. The van der Waals surface area contributed by atoms with Gasteiger partial charge in [-0.25, -0.2) is 0 Å². The fraction of sp³-hybridized carbons (Fsp3) is 0.381. The van der Waals surface area contributed by atoms with Gasteiger partial charge in [-0.3, -0.25) is 24.3 Å². The number of rotatable bonds is 14. The topological polar surface area (TPSA) is 116 Å². The van der Waals surface area contributed by atoms with Crippen LogP contribution < -0.4 is 20.3 Å². The Morgan fingerprint density at radius 1 is 0.964 bits per heavy atom. The molecule has 14 heteroatoms. The number of anilines is 2. The van der Waals surface area contributed by atoms with E-state index in [2.05, 4.69) is 32.1 Å². The Kier molecular flexibility index (Phi) is 14.4. The number of allylic oxidation sites excluding steroid dienone is 1. The molecule has 3 aromatic carbocycles. The molecule has 0 radical (unpaired) electrons. The van der Waals surface area contributed by atoms with Crippen molar-refractivity contribution < 1.29 is 37.0 Å². The van der Waals surface area contributed by atoms with Crippen molar-refractivity contribution in [3.05, 3.63) is 106 Å². The fourth-order valence-corrected chi connectivity index (χ4v) is 6.70. The third kappa shape index (κ3) is 10.6. The lowest BCUT2D eigenvalue weighted by atomic mass is 10.0. The molecule has 2 heterocycles. The summed E-state index contributed by atoms with van der Waals surface area (Å²) in [6.07, 6.45) is 1.76. The zero-order valence-corrected chi connectivity index (χ0v) is 32.1. The largest absolute Gasteiger partial charge is 0.495 e. The van der Waals surface area contributed by atoms with E-state index in [4.69, 9.17) is 9.47 Å². The molecule has 0 aliphatic carbocycles. The van der Waals surface area contributed by atoms with Crippen LogP contribution in [0.5, 0.6) is 5.75 Å². The van der Waals surface area contributed by atoms with Crippen LogP contribution in [0.25, 0.3) is 5.70 Å². The van der Waals surface area contributed by atoms with Crippen LogP contribution in [0.3, 0.4) is 0 Å². The molecule has 0 atom stereocenters. The zero-order chi connectivity index (χ0) is 40.2. The second kappa shape index (κ2) is 19.4. The smallest absolute Gasteiger partial charge is 0.416 e. The van der Waals surface area contributed by atoms with Gasteiger partial charge in [-0.2, -0.15) is 13.2 Å². The van der Waals surface area contributed by atoms with E-state index in [1.807, 2.05) is 12.1 Å². The van der Waals surface area contributed by atoms with E-state index in [-0.39, 0.29) is 46.2 Å². The van der Waals surface area contributed by atoms with E-state index in [0.717, 1.165) is 63.3 Å². The average molecular weight is 775 g/mol. The summed E-state index contributed by atoms with van der Waals surface area (Å²) in [5.74, 6) is -1.23. The van der Waals surface area contributed by atoms with Crippen LogP contribution in [0.2, 0.25) is 0 Å². The normalized spacial score (nSPS) is 15.6. The lowest BCUT2D eigenvalue weighted by Gasteiger charge is -2.29. The van der Waals surface area contributed by atoms with E-state index in [1.165, 1.54) is 25.3 Å². The SMILES string of the molecule is C=N/C(=C\C(=C/C)C(=O)NCc1cccc(C(F)(F)F)c1)c1cc(N2CCCCC2)ccc1NC(=O)c1cccc(C(=O)N(C)CCN2CCOCC2)c1OC. The lowest BCUT2D eigenvalue weighted by molar-refractivity contribution is -0.137. The van der Waals surface area contributed by atoms with E-state index >= 15 is 0 Å².